The molecule has 2 nitrogen and oxygen atoms in total. The number of carbonyl (C=O) groups is 1. The van der Waals surface area contributed by atoms with Crippen molar-refractivity contribution in [3.63, 3.8) is 0 Å². The van der Waals surface area contributed by atoms with E-state index in [0.717, 1.165) is 5.03 Å². The van der Waals surface area contributed by atoms with Crippen LogP contribution in [0.25, 0.3) is 0 Å². The highest BCUT2D eigenvalue weighted by molar-refractivity contribution is 8.02. The van der Waals surface area contributed by atoms with Gasteiger partial charge in [-0.2, -0.15) is 0 Å². The summed E-state index contributed by atoms with van der Waals surface area (Å²) in [5.74, 6) is -0.0309. The van der Waals surface area contributed by atoms with Gasteiger partial charge in [0.1, 0.15) is 0 Å². The van der Waals surface area contributed by atoms with Crippen molar-refractivity contribution in [2.45, 2.75) is 6.54 Å². The van der Waals surface area contributed by atoms with Crippen LogP contribution in [-0.2, 0) is 6.54 Å². The van der Waals surface area contributed by atoms with Crippen LogP contribution in [0.2, 0.25) is 5.02 Å². The second-order valence-electron chi connectivity index (χ2n) is 4.42. The molecule has 4 heteroatoms. The predicted molar refractivity (Wildman–Crippen MR) is 90.7 cm³/mol. The fraction of sp³-hybridized carbons (Fsp3) is 0.118. The summed E-state index contributed by atoms with van der Waals surface area (Å²) < 4.78 is 0. The van der Waals surface area contributed by atoms with Crippen LogP contribution in [0.3, 0.4) is 0 Å². The molecule has 0 atom stereocenters. The van der Waals surface area contributed by atoms with Gasteiger partial charge in [0.15, 0.2) is 5.78 Å². The van der Waals surface area contributed by atoms with Crippen molar-refractivity contribution in [2.75, 3.05) is 6.26 Å². The SMILES string of the molecule is CS/C(=C/C(=O)c1ccc(Cl)cc1)NCc1ccccc1. The van der Waals surface area contributed by atoms with Gasteiger partial charge in [-0.1, -0.05) is 41.9 Å². The molecule has 0 spiro atoms. The monoisotopic (exact) mass is 317 g/mol. The molecule has 0 heterocycles. The van der Waals surface area contributed by atoms with Gasteiger partial charge < -0.3 is 5.32 Å². The van der Waals surface area contributed by atoms with Crippen LogP contribution in [0.1, 0.15) is 15.9 Å². The summed E-state index contributed by atoms with van der Waals surface area (Å²) in [7, 11) is 0. The number of hydrogen-bond donors (Lipinski definition) is 1. The largest absolute Gasteiger partial charge is 0.376 e. The number of halogens is 1. The van der Waals surface area contributed by atoms with Crippen molar-refractivity contribution in [3.8, 4) is 0 Å². The molecule has 0 aliphatic heterocycles. The van der Waals surface area contributed by atoms with Crippen molar-refractivity contribution in [2.24, 2.45) is 0 Å². The van der Waals surface area contributed by atoms with Gasteiger partial charge in [0.2, 0.25) is 0 Å². The van der Waals surface area contributed by atoms with Crippen LogP contribution in [0.15, 0.2) is 65.7 Å². The molecule has 0 saturated carbocycles. The molecule has 21 heavy (non-hydrogen) atoms. The van der Waals surface area contributed by atoms with E-state index in [1.54, 1.807) is 30.3 Å². The molecular weight excluding hydrogens is 302 g/mol. The average Bonchev–Trinajstić information content (AvgIpc) is 2.53. The van der Waals surface area contributed by atoms with Crippen molar-refractivity contribution >= 4 is 29.1 Å². The van der Waals surface area contributed by atoms with E-state index in [4.69, 9.17) is 11.6 Å². The van der Waals surface area contributed by atoms with Gasteiger partial charge >= 0.3 is 0 Å². The third-order valence-electron chi connectivity index (χ3n) is 2.92. The molecule has 0 aromatic heterocycles. The van der Waals surface area contributed by atoms with Crippen LogP contribution in [0.4, 0.5) is 0 Å². The Morgan fingerprint density at radius 3 is 2.43 bits per heavy atom. The van der Waals surface area contributed by atoms with E-state index >= 15 is 0 Å². The second-order valence-corrected chi connectivity index (χ2v) is 5.71. The zero-order valence-electron chi connectivity index (χ0n) is 11.7. The number of ketones is 1. The molecule has 0 fully saturated rings. The van der Waals surface area contributed by atoms with Crippen LogP contribution in [0, 0.1) is 0 Å². The maximum Gasteiger partial charge on any atom is 0.188 e. The average molecular weight is 318 g/mol. The first-order valence-electron chi connectivity index (χ1n) is 6.52. The Bertz CT molecular complexity index is 623. The molecule has 0 unspecified atom stereocenters. The minimum absolute atomic E-state index is 0.0309. The van der Waals surface area contributed by atoms with Crippen molar-refractivity contribution in [1.82, 2.24) is 5.32 Å². The third kappa shape index (κ3) is 4.96. The molecule has 0 aliphatic rings. The Hall–Kier alpha value is -1.71. The Labute approximate surface area is 134 Å². The van der Waals surface area contributed by atoms with Gasteiger partial charge in [0, 0.05) is 23.2 Å². The Balaban J connectivity index is 2.02. The summed E-state index contributed by atoms with van der Waals surface area (Å²) >= 11 is 7.34. The number of rotatable bonds is 6. The minimum Gasteiger partial charge on any atom is -0.376 e. The van der Waals surface area contributed by atoms with Crippen molar-refractivity contribution < 1.29 is 4.79 Å². The first kappa shape index (κ1) is 15.7. The van der Waals surface area contributed by atoms with Crippen LogP contribution in [0.5, 0.6) is 0 Å². The molecule has 0 aliphatic carbocycles. The van der Waals surface area contributed by atoms with Gasteiger partial charge in [-0.15, -0.1) is 11.8 Å². The van der Waals surface area contributed by atoms with E-state index in [9.17, 15) is 4.79 Å². The second kappa shape index (κ2) is 7.91. The molecule has 0 bridgehead atoms. The molecule has 2 aromatic carbocycles. The Morgan fingerprint density at radius 2 is 1.81 bits per heavy atom. The van der Waals surface area contributed by atoms with E-state index in [1.165, 1.54) is 17.3 Å². The summed E-state index contributed by atoms with van der Waals surface area (Å²) in [6.07, 6.45) is 3.57. The number of nitrogens with one attached hydrogen (secondary N) is 1. The summed E-state index contributed by atoms with van der Waals surface area (Å²) in [5.41, 5.74) is 1.81. The van der Waals surface area contributed by atoms with Gasteiger partial charge in [0.25, 0.3) is 0 Å². The maximum absolute atomic E-state index is 12.2. The normalized spacial score (nSPS) is 11.2. The fourth-order valence-corrected chi connectivity index (χ4v) is 2.35. The quantitative estimate of drug-likeness (QED) is 0.627. The van der Waals surface area contributed by atoms with Gasteiger partial charge in [0.05, 0.1) is 5.03 Å². The molecule has 108 valence electrons. The van der Waals surface area contributed by atoms with E-state index in [-0.39, 0.29) is 5.78 Å². The van der Waals surface area contributed by atoms with Gasteiger partial charge in [-0.05, 0) is 36.1 Å². The molecule has 0 amide bonds. The topological polar surface area (TPSA) is 29.1 Å². The smallest absolute Gasteiger partial charge is 0.188 e. The van der Waals surface area contributed by atoms with Crippen LogP contribution >= 0.6 is 23.4 Å². The number of hydrogen-bond acceptors (Lipinski definition) is 3. The number of benzene rings is 2. The highest BCUT2D eigenvalue weighted by Crippen LogP contribution is 2.14. The highest BCUT2D eigenvalue weighted by Gasteiger charge is 2.05. The van der Waals surface area contributed by atoms with Crippen molar-refractivity contribution in [1.29, 1.82) is 0 Å². The van der Waals surface area contributed by atoms with Crippen LogP contribution < -0.4 is 5.32 Å². The standard InChI is InChI=1S/C17H16ClNOS/c1-21-17(19-12-13-5-3-2-4-6-13)11-16(20)14-7-9-15(18)10-8-14/h2-11,19H,12H2,1H3/b17-11+. The van der Waals surface area contributed by atoms with E-state index in [1.807, 2.05) is 36.6 Å². The predicted octanol–water partition coefficient (Wildman–Crippen LogP) is 4.52. The molecule has 1 N–H and O–H groups in total. The van der Waals surface area contributed by atoms with Crippen molar-refractivity contribution in [3.05, 3.63) is 81.9 Å². The fourth-order valence-electron chi connectivity index (χ4n) is 1.78. The van der Waals surface area contributed by atoms with E-state index in [0.29, 0.717) is 17.1 Å². The Morgan fingerprint density at radius 1 is 1.14 bits per heavy atom. The zero-order valence-corrected chi connectivity index (χ0v) is 13.2. The number of carbonyl (C=O) groups excluding carboxylic acids is 1. The Kier molecular flexibility index (Phi) is 5.90. The minimum atomic E-state index is -0.0309. The third-order valence-corrected chi connectivity index (χ3v) is 3.87. The summed E-state index contributed by atoms with van der Waals surface area (Å²) in [6, 6.07) is 17.0. The zero-order chi connectivity index (χ0) is 15.1. The van der Waals surface area contributed by atoms with Crippen LogP contribution in [-0.4, -0.2) is 12.0 Å². The number of allylic oxidation sites excluding steroid dienone is 1. The lowest BCUT2D eigenvalue weighted by Gasteiger charge is -2.08. The summed E-state index contributed by atoms with van der Waals surface area (Å²) in [6.45, 7) is 0.696. The highest BCUT2D eigenvalue weighted by atomic mass is 35.5. The molecule has 0 saturated heterocycles. The molecule has 2 rings (SSSR count). The lowest BCUT2D eigenvalue weighted by atomic mass is 10.1. The van der Waals surface area contributed by atoms with E-state index < -0.39 is 0 Å². The van der Waals surface area contributed by atoms with Gasteiger partial charge in [-0.3, -0.25) is 4.79 Å². The molecular formula is C17H16ClNOS. The van der Waals surface area contributed by atoms with E-state index in [2.05, 4.69) is 5.32 Å². The van der Waals surface area contributed by atoms with Gasteiger partial charge in [-0.25, -0.2) is 0 Å². The lowest BCUT2D eigenvalue weighted by Crippen LogP contribution is -2.12. The lowest BCUT2D eigenvalue weighted by molar-refractivity contribution is 0.104. The molecule has 0 radical (unpaired) electrons. The first-order valence-corrected chi connectivity index (χ1v) is 8.12. The summed E-state index contributed by atoms with van der Waals surface area (Å²) in [5, 5.41) is 4.75. The summed E-state index contributed by atoms with van der Waals surface area (Å²) in [4.78, 5) is 12.2. The number of thioether (sulfide) groups is 1. The molecule has 2 aromatic rings. The first-order chi connectivity index (χ1) is 10.2. The maximum atomic E-state index is 12.2.